The quantitative estimate of drug-likeness (QED) is 0.125. The van der Waals surface area contributed by atoms with Crippen LogP contribution >= 0.6 is 23.2 Å². The molecule has 0 aliphatic carbocycles. The van der Waals surface area contributed by atoms with Crippen molar-refractivity contribution in [3.05, 3.63) is 95.0 Å². The molecule has 21 nitrogen and oxygen atoms in total. The molecule has 6 aromatic rings. The summed E-state index contributed by atoms with van der Waals surface area (Å²) in [5.74, 6) is 1.82. The summed E-state index contributed by atoms with van der Waals surface area (Å²) < 4.78 is 33.3. The Morgan fingerprint density at radius 2 is 1.32 bits per heavy atom. The van der Waals surface area contributed by atoms with E-state index < -0.39 is 11.6 Å². The summed E-state index contributed by atoms with van der Waals surface area (Å²) in [5, 5.41) is 7.60. The van der Waals surface area contributed by atoms with Crippen molar-refractivity contribution in [3.8, 4) is 34.3 Å². The maximum Gasteiger partial charge on any atom is 0.329 e. The molecule has 6 aliphatic rings. The van der Waals surface area contributed by atoms with Gasteiger partial charge in [0, 0.05) is 67.1 Å². The molecule has 2 amide bonds. The van der Waals surface area contributed by atoms with Crippen LogP contribution in [0.15, 0.2) is 73.6 Å². The van der Waals surface area contributed by atoms with E-state index in [1.165, 1.54) is 24.8 Å². The number of pyridine rings is 4. The lowest BCUT2D eigenvalue weighted by Crippen LogP contribution is -2.48. The van der Waals surface area contributed by atoms with E-state index in [-0.39, 0.29) is 24.3 Å². The Morgan fingerprint density at radius 3 is 1.89 bits per heavy atom. The molecular formula is C51H58Cl2N14O7. The second-order valence-electron chi connectivity index (χ2n) is 19.5. The van der Waals surface area contributed by atoms with E-state index in [9.17, 15) is 4.79 Å². The predicted molar refractivity (Wildman–Crippen MR) is 280 cm³/mol. The van der Waals surface area contributed by atoms with Gasteiger partial charge in [-0.1, -0.05) is 23.2 Å². The van der Waals surface area contributed by atoms with Crippen molar-refractivity contribution in [1.82, 2.24) is 39.9 Å². The second kappa shape index (κ2) is 21.2. The molecule has 0 unspecified atom stereocenters. The molecule has 12 rings (SSSR count). The van der Waals surface area contributed by atoms with E-state index in [1.807, 2.05) is 77.9 Å². The van der Waals surface area contributed by atoms with Crippen LogP contribution in [-0.4, -0.2) is 134 Å². The van der Waals surface area contributed by atoms with Crippen LogP contribution in [-0.2, 0) is 18.9 Å². The van der Waals surface area contributed by atoms with Gasteiger partial charge in [-0.15, -0.1) is 0 Å². The molecule has 4 fully saturated rings. The van der Waals surface area contributed by atoms with Gasteiger partial charge in [-0.2, -0.15) is 0 Å². The number of nitrogens with zero attached hydrogens (tertiary/aromatic N) is 11. The van der Waals surface area contributed by atoms with Gasteiger partial charge in [-0.3, -0.25) is 20.2 Å². The molecule has 0 saturated carbocycles. The Bertz CT molecular complexity index is 2990. The monoisotopic (exact) mass is 1050 g/mol. The average Bonchev–Trinajstić information content (AvgIpc) is 4.17. The van der Waals surface area contributed by atoms with E-state index in [0.29, 0.717) is 84.0 Å². The van der Waals surface area contributed by atoms with Gasteiger partial charge in [0.15, 0.2) is 29.0 Å². The Labute approximate surface area is 438 Å². The van der Waals surface area contributed by atoms with E-state index in [0.717, 1.165) is 77.9 Å². The number of ether oxygens (including phenoxy) is 6. The lowest BCUT2D eigenvalue weighted by atomic mass is 10.1. The lowest BCUT2D eigenvalue weighted by molar-refractivity contribution is -0.142. The number of nitrogens with one attached hydrogen (secondary N) is 2. The zero-order valence-corrected chi connectivity index (χ0v) is 43.4. The Balaban J connectivity index is 0.000000144. The van der Waals surface area contributed by atoms with Gasteiger partial charge >= 0.3 is 6.03 Å². The summed E-state index contributed by atoms with van der Waals surface area (Å²) in [6, 6.07) is 11.8. The number of hydrogen-bond donors (Lipinski definition) is 3. The van der Waals surface area contributed by atoms with E-state index >= 15 is 0 Å². The molecule has 388 valence electrons. The molecule has 0 spiro atoms. The number of anilines is 6. The maximum atomic E-state index is 13.5. The maximum absolute atomic E-state index is 13.5. The van der Waals surface area contributed by atoms with Crippen LogP contribution in [0, 0.1) is 13.8 Å². The lowest BCUT2D eigenvalue weighted by Gasteiger charge is -2.36. The van der Waals surface area contributed by atoms with Crippen LogP contribution < -0.4 is 40.5 Å². The summed E-state index contributed by atoms with van der Waals surface area (Å²) in [6.45, 7) is 16.7. The highest BCUT2D eigenvalue weighted by atomic mass is 35.5. The van der Waals surface area contributed by atoms with Crippen molar-refractivity contribution in [2.75, 3.05) is 83.7 Å². The van der Waals surface area contributed by atoms with Gasteiger partial charge < -0.3 is 49.3 Å². The molecule has 0 radical (unpaired) electrons. The normalized spacial score (nSPS) is 21.3. The number of fused-ring (bicyclic) bond motifs is 8. The van der Waals surface area contributed by atoms with Crippen LogP contribution in [0.1, 0.15) is 51.9 Å². The van der Waals surface area contributed by atoms with Gasteiger partial charge in [-0.05, 0) is 90.8 Å². The molecule has 6 aliphatic heterocycles. The van der Waals surface area contributed by atoms with Gasteiger partial charge in [-0.25, -0.2) is 34.7 Å². The second-order valence-corrected chi connectivity index (χ2v) is 20.3. The third-order valence-electron chi connectivity index (χ3n) is 12.9. The molecule has 4 N–H and O–H groups in total. The Morgan fingerprint density at radius 1 is 0.743 bits per heavy atom. The minimum Gasteiger partial charge on any atom is -0.474 e. The van der Waals surface area contributed by atoms with Crippen molar-refractivity contribution in [2.24, 2.45) is 0 Å². The molecule has 0 aromatic carbocycles. The van der Waals surface area contributed by atoms with Crippen molar-refractivity contribution < 1.29 is 33.2 Å². The summed E-state index contributed by atoms with van der Waals surface area (Å²) in [4.78, 5) is 54.4. The van der Waals surface area contributed by atoms with Crippen molar-refractivity contribution in [1.29, 1.82) is 0 Å². The Kier molecular flexibility index (Phi) is 14.6. The van der Waals surface area contributed by atoms with Crippen LogP contribution in [0.5, 0.6) is 11.8 Å². The van der Waals surface area contributed by atoms with Crippen molar-refractivity contribution in [2.45, 2.75) is 90.2 Å². The number of rotatable bonds is 9. The minimum absolute atomic E-state index is 0.0170. The molecule has 74 heavy (non-hydrogen) atoms. The smallest absolute Gasteiger partial charge is 0.329 e. The molecule has 4 saturated heterocycles. The molecule has 23 heteroatoms. The number of urea groups is 1. The number of nitrogen functional groups attached to an aromatic ring is 1. The highest BCUT2D eigenvalue weighted by Gasteiger charge is 2.41. The molecule has 4 atom stereocenters. The summed E-state index contributed by atoms with van der Waals surface area (Å²) in [7, 11) is 0. The summed E-state index contributed by atoms with van der Waals surface area (Å²) >= 11 is 13.1. The first kappa shape index (κ1) is 50.8. The molecule has 6 aromatic heterocycles. The van der Waals surface area contributed by atoms with Crippen LogP contribution in [0.3, 0.4) is 0 Å². The first-order valence-corrected chi connectivity index (χ1v) is 25.2. The van der Waals surface area contributed by atoms with Crippen molar-refractivity contribution in [3.63, 3.8) is 0 Å². The fourth-order valence-electron chi connectivity index (χ4n) is 9.47. The van der Waals surface area contributed by atoms with E-state index in [4.69, 9.17) is 67.3 Å². The number of hydrogen-bond acceptors (Lipinski definition) is 19. The standard InChI is InChI=1S/C26H28ClN7O4.C15H15ClN4.C10H15N3O3/c1-15-8-16(4-6-28-15)23-19(27)9-20-24(32-23)34(17-5-7-33(20)12-17)25(35)31-21-10-30-22(11-29-21)36-13-18-14-37-26(2,3)38-18;1-9-6-10(2-4-17-9)14-12(16)7-13-15(19-14)18-11-3-5-20(13)8-11;1-10(2)15-6-7(16-10)5-14-9-4-12-8(11)3-13-9/h4,6,8-11,17-18H,5,7,12-14H2,1-3H3,(H,29,31,35);2,4,6-7,11H,3,5,8H2,1H3,(H,18,19);3-4,7H,5-6H2,1-2H3,(H2,11,12)/t17-,18-;11-;7-/m000/s1. The number of aromatic nitrogens is 8. The number of aryl methyl sites for hydroxylation is 2. The highest BCUT2D eigenvalue weighted by molar-refractivity contribution is 6.34. The number of carbonyl (C=O) groups excluding carboxylic acids is 1. The molecule has 12 heterocycles. The number of nitrogens with two attached hydrogens (primary N) is 1. The third-order valence-corrected chi connectivity index (χ3v) is 13.5. The topological polar surface area (TPSA) is 235 Å². The number of carbonyl (C=O) groups is 1. The van der Waals surface area contributed by atoms with Crippen molar-refractivity contribution >= 4 is 63.9 Å². The zero-order valence-electron chi connectivity index (χ0n) is 41.9. The molecule has 4 bridgehead atoms. The number of amides is 2. The van der Waals surface area contributed by atoms with Crippen LogP contribution in [0.4, 0.5) is 39.4 Å². The minimum atomic E-state index is -0.616. The summed E-state index contributed by atoms with van der Waals surface area (Å²) in [6.07, 6.45) is 11.1. The fraction of sp³-hybridized carbons (Fsp3) is 0.431. The van der Waals surface area contributed by atoms with E-state index in [2.05, 4.69) is 50.3 Å². The predicted octanol–water partition coefficient (Wildman–Crippen LogP) is 7.76. The van der Waals surface area contributed by atoms with E-state index in [1.54, 1.807) is 17.3 Å². The van der Waals surface area contributed by atoms with Crippen LogP contribution in [0.2, 0.25) is 10.0 Å². The number of halogens is 2. The van der Waals surface area contributed by atoms with Gasteiger partial charge in [0.25, 0.3) is 0 Å². The zero-order chi connectivity index (χ0) is 51.7. The highest BCUT2D eigenvalue weighted by Crippen LogP contribution is 2.44. The SMILES string of the molecule is CC1(C)OC[C@H](COc2cnc(N)cn2)O1.Cc1cc(-c2nc3c(cc2Cl)N2CC[C@@H](C2)N3)ccn1.Cc1cc(-c2nc3c(cc2Cl)N2CC[C@@H](C2)N3C(=O)Nc2cnc(OC[C@H]3COC(C)(C)O3)cn2)ccn1. The first-order chi connectivity index (χ1) is 35.5. The fourth-order valence-corrected chi connectivity index (χ4v) is 9.98. The first-order valence-electron chi connectivity index (χ1n) is 24.4. The van der Waals surface area contributed by atoms with Gasteiger partial charge in [0.1, 0.15) is 31.2 Å². The summed E-state index contributed by atoms with van der Waals surface area (Å²) in [5.41, 5.74) is 12.5. The van der Waals surface area contributed by atoms with Crippen LogP contribution in [0.25, 0.3) is 22.5 Å². The average molecular weight is 1050 g/mol. The third kappa shape index (κ3) is 11.8. The van der Waals surface area contributed by atoms with Gasteiger partial charge in [0.05, 0.1) is 76.9 Å². The van der Waals surface area contributed by atoms with Gasteiger partial charge in [0.2, 0.25) is 11.8 Å². The molecular weight excluding hydrogens is 992 g/mol. The largest absolute Gasteiger partial charge is 0.474 e. The Hall–Kier alpha value is -6.75.